The first kappa shape index (κ1) is 17.7. The minimum atomic E-state index is -3.16. The highest BCUT2D eigenvalue weighted by atomic mass is 32.2. The third-order valence-electron chi connectivity index (χ3n) is 3.62. The lowest BCUT2D eigenvalue weighted by molar-refractivity contribution is -0.138. The number of rotatable bonds is 7. The Hall–Kier alpha value is -1.31. The van der Waals surface area contributed by atoms with Crippen LogP contribution in [-0.2, 0) is 14.6 Å². The van der Waals surface area contributed by atoms with E-state index in [9.17, 15) is 18.0 Å². The molecule has 1 aliphatic rings. The van der Waals surface area contributed by atoms with Gasteiger partial charge in [0.1, 0.15) is 6.54 Å². The Labute approximate surface area is 125 Å². The Morgan fingerprint density at radius 1 is 1.29 bits per heavy atom. The standard InChI is InChI=1S/C13H24N2O5S/c1-3-4-5-7-14(2)13(18)15(9-12(16)17)11-6-8-21(19,20)10-11/h11H,3-10H2,1-2H3,(H,16,17). The fraction of sp³-hybridized carbons (Fsp3) is 0.846. The van der Waals surface area contributed by atoms with E-state index >= 15 is 0 Å². The van der Waals surface area contributed by atoms with E-state index in [4.69, 9.17) is 5.11 Å². The normalized spacial score (nSPS) is 20.2. The summed E-state index contributed by atoms with van der Waals surface area (Å²) in [7, 11) is -1.54. The first-order chi connectivity index (χ1) is 9.76. The molecule has 2 amide bonds. The van der Waals surface area contributed by atoms with Crippen LogP contribution in [-0.4, -0.2) is 73.0 Å². The number of aliphatic carboxylic acids is 1. The van der Waals surface area contributed by atoms with Crippen molar-refractivity contribution in [3.63, 3.8) is 0 Å². The first-order valence-electron chi connectivity index (χ1n) is 7.20. The molecule has 1 aliphatic heterocycles. The van der Waals surface area contributed by atoms with Gasteiger partial charge in [-0.1, -0.05) is 19.8 Å². The van der Waals surface area contributed by atoms with Gasteiger partial charge in [0.05, 0.1) is 11.5 Å². The maximum absolute atomic E-state index is 12.4. The zero-order valence-electron chi connectivity index (χ0n) is 12.6. The molecule has 1 rings (SSSR count). The molecule has 1 unspecified atom stereocenters. The smallest absolute Gasteiger partial charge is 0.323 e. The van der Waals surface area contributed by atoms with Crippen molar-refractivity contribution in [2.75, 3.05) is 31.6 Å². The molecule has 1 atom stereocenters. The number of carboxylic acids is 1. The third-order valence-corrected chi connectivity index (χ3v) is 5.37. The van der Waals surface area contributed by atoms with Crippen LogP contribution in [0.1, 0.15) is 32.6 Å². The molecule has 1 heterocycles. The van der Waals surface area contributed by atoms with E-state index in [0.29, 0.717) is 13.0 Å². The number of carboxylic acid groups (broad SMARTS) is 1. The van der Waals surface area contributed by atoms with Gasteiger partial charge in [0.25, 0.3) is 0 Å². The fourth-order valence-corrected chi connectivity index (χ4v) is 4.16. The van der Waals surface area contributed by atoms with Crippen LogP contribution in [0.2, 0.25) is 0 Å². The second kappa shape index (κ2) is 7.63. The third kappa shape index (κ3) is 5.53. The summed E-state index contributed by atoms with van der Waals surface area (Å²) in [6.07, 6.45) is 3.18. The predicted octanol–water partition coefficient (Wildman–Crippen LogP) is 0.802. The SMILES string of the molecule is CCCCCN(C)C(=O)N(CC(=O)O)C1CCS(=O)(=O)C1. The predicted molar refractivity (Wildman–Crippen MR) is 79.0 cm³/mol. The molecule has 1 fully saturated rings. The van der Waals surface area contributed by atoms with E-state index in [2.05, 4.69) is 6.92 Å². The highest BCUT2D eigenvalue weighted by Crippen LogP contribution is 2.19. The molecular formula is C13H24N2O5S. The lowest BCUT2D eigenvalue weighted by Crippen LogP contribution is -2.49. The van der Waals surface area contributed by atoms with Gasteiger partial charge in [-0.15, -0.1) is 0 Å². The summed E-state index contributed by atoms with van der Waals surface area (Å²) in [5.74, 6) is -1.26. The minimum Gasteiger partial charge on any atom is -0.480 e. The Kier molecular flexibility index (Phi) is 6.44. The largest absolute Gasteiger partial charge is 0.480 e. The summed E-state index contributed by atoms with van der Waals surface area (Å²) in [6.45, 7) is 2.14. The Morgan fingerprint density at radius 2 is 1.95 bits per heavy atom. The highest BCUT2D eigenvalue weighted by Gasteiger charge is 2.36. The van der Waals surface area contributed by atoms with Crippen LogP contribution >= 0.6 is 0 Å². The summed E-state index contributed by atoms with van der Waals surface area (Å²) in [4.78, 5) is 26.0. The van der Waals surface area contributed by atoms with Crippen LogP contribution in [0, 0.1) is 0 Å². The molecule has 0 radical (unpaired) electrons. The van der Waals surface area contributed by atoms with Crippen molar-refractivity contribution < 1.29 is 23.1 Å². The fourth-order valence-electron chi connectivity index (χ4n) is 2.43. The van der Waals surface area contributed by atoms with Gasteiger partial charge in [-0.2, -0.15) is 0 Å². The number of hydrogen-bond acceptors (Lipinski definition) is 4. The van der Waals surface area contributed by atoms with Crippen molar-refractivity contribution in [2.45, 2.75) is 38.6 Å². The molecule has 8 heteroatoms. The first-order valence-corrected chi connectivity index (χ1v) is 9.03. The summed E-state index contributed by atoms with van der Waals surface area (Å²) < 4.78 is 23.1. The molecule has 21 heavy (non-hydrogen) atoms. The maximum Gasteiger partial charge on any atom is 0.323 e. The summed E-state index contributed by atoms with van der Waals surface area (Å²) in [6, 6.07) is -0.942. The summed E-state index contributed by atoms with van der Waals surface area (Å²) in [5.41, 5.74) is 0. The molecule has 0 aromatic carbocycles. The van der Waals surface area contributed by atoms with Crippen molar-refractivity contribution in [1.82, 2.24) is 9.80 Å². The Bertz CT molecular complexity index is 477. The number of sulfone groups is 1. The van der Waals surface area contributed by atoms with Crippen LogP contribution in [0.15, 0.2) is 0 Å². The molecule has 0 bridgehead atoms. The molecule has 1 saturated heterocycles. The van der Waals surface area contributed by atoms with Gasteiger partial charge in [-0.25, -0.2) is 13.2 Å². The maximum atomic E-state index is 12.4. The summed E-state index contributed by atoms with van der Waals surface area (Å²) in [5, 5.41) is 8.96. The van der Waals surface area contributed by atoms with E-state index in [1.54, 1.807) is 7.05 Å². The van der Waals surface area contributed by atoms with Crippen molar-refractivity contribution in [1.29, 1.82) is 0 Å². The van der Waals surface area contributed by atoms with Gasteiger partial charge >= 0.3 is 12.0 Å². The quantitative estimate of drug-likeness (QED) is 0.700. The Balaban J connectivity index is 2.72. The molecule has 0 spiro atoms. The van der Waals surface area contributed by atoms with E-state index in [-0.39, 0.29) is 11.5 Å². The highest BCUT2D eigenvalue weighted by molar-refractivity contribution is 7.91. The number of amides is 2. The number of unbranched alkanes of at least 4 members (excludes halogenated alkanes) is 2. The van der Waals surface area contributed by atoms with Crippen LogP contribution in [0.25, 0.3) is 0 Å². The Morgan fingerprint density at radius 3 is 2.43 bits per heavy atom. The van der Waals surface area contributed by atoms with Crippen LogP contribution < -0.4 is 0 Å². The van der Waals surface area contributed by atoms with Gasteiger partial charge in [0.2, 0.25) is 0 Å². The average Bonchev–Trinajstić information content (AvgIpc) is 2.75. The van der Waals surface area contributed by atoms with E-state index in [1.807, 2.05) is 0 Å². The van der Waals surface area contributed by atoms with Crippen LogP contribution in [0.5, 0.6) is 0 Å². The van der Waals surface area contributed by atoms with Gasteiger partial charge in [0, 0.05) is 19.6 Å². The molecule has 0 saturated carbocycles. The van der Waals surface area contributed by atoms with Crippen molar-refractivity contribution in [2.24, 2.45) is 0 Å². The van der Waals surface area contributed by atoms with Crippen LogP contribution in [0.3, 0.4) is 0 Å². The van der Waals surface area contributed by atoms with E-state index in [1.165, 1.54) is 9.80 Å². The second-order valence-electron chi connectivity index (χ2n) is 5.49. The van der Waals surface area contributed by atoms with E-state index < -0.39 is 34.4 Å². The summed E-state index contributed by atoms with van der Waals surface area (Å²) >= 11 is 0. The average molecular weight is 320 g/mol. The van der Waals surface area contributed by atoms with Gasteiger partial charge in [-0.05, 0) is 12.8 Å². The lowest BCUT2D eigenvalue weighted by Gasteiger charge is -2.31. The monoisotopic (exact) mass is 320 g/mol. The minimum absolute atomic E-state index is 0.0145. The number of carbonyl (C=O) groups excluding carboxylic acids is 1. The number of nitrogens with zero attached hydrogens (tertiary/aromatic N) is 2. The van der Waals surface area contributed by atoms with E-state index in [0.717, 1.165) is 19.3 Å². The number of urea groups is 1. The van der Waals surface area contributed by atoms with Crippen molar-refractivity contribution in [3.8, 4) is 0 Å². The molecule has 1 N–H and O–H groups in total. The van der Waals surface area contributed by atoms with Gasteiger partial charge in [0.15, 0.2) is 9.84 Å². The lowest BCUT2D eigenvalue weighted by atomic mass is 10.2. The topological polar surface area (TPSA) is 95.0 Å². The molecule has 122 valence electrons. The van der Waals surface area contributed by atoms with Gasteiger partial charge < -0.3 is 14.9 Å². The van der Waals surface area contributed by atoms with Crippen molar-refractivity contribution >= 4 is 21.8 Å². The van der Waals surface area contributed by atoms with Gasteiger partial charge in [-0.3, -0.25) is 4.79 Å². The second-order valence-corrected chi connectivity index (χ2v) is 7.72. The molecule has 0 aromatic heterocycles. The number of carbonyl (C=O) groups is 2. The number of hydrogen-bond donors (Lipinski definition) is 1. The van der Waals surface area contributed by atoms with Crippen LogP contribution in [0.4, 0.5) is 4.79 Å². The molecule has 0 aliphatic carbocycles. The molecule has 0 aromatic rings. The van der Waals surface area contributed by atoms with Crippen molar-refractivity contribution in [3.05, 3.63) is 0 Å². The zero-order chi connectivity index (χ0) is 16.0. The molecule has 7 nitrogen and oxygen atoms in total. The zero-order valence-corrected chi connectivity index (χ0v) is 13.4. The molecular weight excluding hydrogens is 296 g/mol.